The van der Waals surface area contributed by atoms with Crippen LogP contribution in [0.3, 0.4) is 0 Å². The third-order valence-corrected chi connectivity index (χ3v) is 2.52. The van der Waals surface area contributed by atoms with Gasteiger partial charge in [-0.15, -0.1) is 0 Å². The lowest BCUT2D eigenvalue weighted by Gasteiger charge is -2.11. The third-order valence-electron chi connectivity index (χ3n) is 1.94. The molecule has 0 spiro atoms. The largest absolute Gasteiger partial charge is 0.464 e. The number of carbonyl (C=O) groups excluding carboxylic acids is 1. The van der Waals surface area contributed by atoms with Crippen LogP contribution in [0, 0.1) is 11.3 Å². The maximum absolute atomic E-state index is 10.7. The summed E-state index contributed by atoms with van der Waals surface area (Å²) in [6.07, 6.45) is 0. The van der Waals surface area contributed by atoms with E-state index < -0.39 is 11.9 Å². The first kappa shape index (κ1) is 12.8. The summed E-state index contributed by atoms with van der Waals surface area (Å²) in [6, 6.07) is 6.86. The van der Waals surface area contributed by atoms with Gasteiger partial charge in [-0.2, -0.15) is 5.26 Å². The van der Waals surface area contributed by atoms with Gasteiger partial charge in [0, 0.05) is 17.0 Å². The van der Waals surface area contributed by atoms with E-state index in [-0.39, 0.29) is 6.61 Å². The van der Waals surface area contributed by atoms with Gasteiger partial charge < -0.3 is 4.74 Å². The van der Waals surface area contributed by atoms with E-state index >= 15 is 0 Å². The van der Waals surface area contributed by atoms with Crippen LogP contribution in [0.1, 0.15) is 18.4 Å². The number of hydrogen-bond acceptors (Lipinski definition) is 3. The Kier molecular flexibility index (Phi) is 4.60. The number of halogens is 2. The molecule has 0 radical (unpaired) electrons. The molecule has 1 rings (SSSR count). The van der Waals surface area contributed by atoms with Crippen LogP contribution in [0.15, 0.2) is 18.2 Å². The lowest BCUT2D eigenvalue weighted by Crippen LogP contribution is -2.09. The summed E-state index contributed by atoms with van der Waals surface area (Å²) in [5, 5.41) is 9.89. The second-order valence-corrected chi connectivity index (χ2v) is 3.99. The van der Waals surface area contributed by atoms with E-state index in [1.165, 1.54) is 6.92 Å². The van der Waals surface area contributed by atoms with Crippen molar-refractivity contribution in [2.75, 3.05) is 6.61 Å². The highest BCUT2D eigenvalue weighted by Gasteiger charge is 2.16. The summed E-state index contributed by atoms with van der Waals surface area (Å²) in [7, 11) is 0. The van der Waals surface area contributed by atoms with Crippen LogP contribution in [0.25, 0.3) is 0 Å². The van der Waals surface area contributed by atoms with Gasteiger partial charge in [0.15, 0.2) is 0 Å². The zero-order valence-corrected chi connectivity index (χ0v) is 10.0. The van der Waals surface area contributed by atoms with E-state index in [2.05, 4.69) is 0 Å². The van der Waals surface area contributed by atoms with E-state index in [4.69, 9.17) is 33.2 Å². The summed E-state index contributed by atoms with van der Waals surface area (Å²) in [5.74, 6) is -1.03. The average molecular weight is 258 g/mol. The Labute approximate surface area is 104 Å². The van der Waals surface area contributed by atoms with Gasteiger partial charge in [0.1, 0.15) is 12.5 Å². The summed E-state index contributed by atoms with van der Waals surface area (Å²) in [5.41, 5.74) is 0.568. The van der Waals surface area contributed by atoms with Crippen LogP contribution in [0.2, 0.25) is 10.0 Å². The zero-order chi connectivity index (χ0) is 12.1. The Hall–Kier alpha value is -1.24. The summed E-state index contributed by atoms with van der Waals surface area (Å²) in [4.78, 5) is 10.7. The number of esters is 1. The Balaban J connectivity index is 2.91. The monoisotopic (exact) mass is 257 g/mol. The predicted molar refractivity (Wildman–Crippen MR) is 61.4 cm³/mol. The third kappa shape index (κ3) is 3.41. The molecule has 0 bridgehead atoms. The molecule has 0 fully saturated rings. The van der Waals surface area contributed by atoms with Crippen molar-refractivity contribution in [1.82, 2.24) is 0 Å². The van der Waals surface area contributed by atoms with E-state index in [0.29, 0.717) is 15.6 Å². The molecule has 1 aromatic rings. The highest BCUT2D eigenvalue weighted by Crippen LogP contribution is 2.27. The predicted octanol–water partition coefficient (Wildman–Crippen LogP) is 3.16. The Morgan fingerprint density at radius 1 is 1.56 bits per heavy atom. The van der Waals surface area contributed by atoms with Crippen molar-refractivity contribution < 1.29 is 9.53 Å². The fraction of sp³-hybridized carbons (Fsp3) is 0.273. The molecule has 5 heteroatoms. The summed E-state index contributed by atoms with van der Waals surface area (Å²) >= 11 is 11.7. The minimum atomic E-state index is -0.602. The van der Waals surface area contributed by atoms with Gasteiger partial charge in [0.25, 0.3) is 0 Å². The molecule has 0 aliphatic rings. The van der Waals surface area contributed by atoms with Crippen LogP contribution in [-0.2, 0) is 9.53 Å². The number of rotatable bonds is 3. The molecule has 0 aromatic heterocycles. The van der Waals surface area contributed by atoms with E-state index in [9.17, 15) is 4.79 Å². The molecule has 1 unspecified atom stereocenters. The smallest absolute Gasteiger partial charge is 0.302 e. The standard InChI is InChI=1S/C11H9Cl2NO2/c1-7(15)16-6-8(5-14)10-4-9(12)2-3-11(10)13/h2-4,8H,6H2,1H3. The summed E-state index contributed by atoms with van der Waals surface area (Å²) in [6.45, 7) is 1.26. The number of nitriles is 1. The highest BCUT2D eigenvalue weighted by atomic mass is 35.5. The Bertz CT molecular complexity index is 440. The number of carbonyl (C=O) groups is 1. The van der Waals surface area contributed by atoms with Gasteiger partial charge in [-0.05, 0) is 23.8 Å². The zero-order valence-electron chi connectivity index (χ0n) is 8.54. The average Bonchev–Trinajstić information content (AvgIpc) is 2.23. The van der Waals surface area contributed by atoms with Crippen molar-refractivity contribution in [3.63, 3.8) is 0 Å². The quantitative estimate of drug-likeness (QED) is 0.782. The first-order valence-electron chi connectivity index (χ1n) is 4.52. The molecule has 0 saturated carbocycles. The van der Waals surface area contributed by atoms with Gasteiger partial charge in [0.05, 0.1) is 6.07 Å². The van der Waals surface area contributed by atoms with Crippen molar-refractivity contribution in [3.8, 4) is 6.07 Å². The lowest BCUT2D eigenvalue weighted by atomic mass is 10.0. The van der Waals surface area contributed by atoms with Gasteiger partial charge in [-0.1, -0.05) is 23.2 Å². The first-order chi connectivity index (χ1) is 7.54. The number of hydrogen-bond donors (Lipinski definition) is 0. The van der Waals surface area contributed by atoms with Crippen molar-refractivity contribution >= 4 is 29.2 Å². The summed E-state index contributed by atoms with van der Waals surface area (Å²) < 4.78 is 4.78. The molecule has 3 nitrogen and oxygen atoms in total. The van der Waals surface area contributed by atoms with Crippen LogP contribution in [0.4, 0.5) is 0 Å². The van der Waals surface area contributed by atoms with Gasteiger partial charge in [-0.25, -0.2) is 0 Å². The maximum atomic E-state index is 10.7. The lowest BCUT2D eigenvalue weighted by molar-refractivity contribution is -0.141. The van der Waals surface area contributed by atoms with Crippen LogP contribution >= 0.6 is 23.2 Å². The molecule has 0 amide bonds. The van der Waals surface area contributed by atoms with Gasteiger partial charge in [0.2, 0.25) is 0 Å². The normalized spacial score (nSPS) is 11.6. The molecule has 0 saturated heterocycles. The van der Waals surface area contributed by atoms with Crippen molar-refractivity contribution in [2.24, 2.45) is 0 Å². The van der Waals surface area contributed by atoms with E-state index in [0.717, 1.165) is 0 Å². The number of ether oxygens (including phenoxy) is 1. The second kappa shape index (κ2) is 5.74. The van der Waals surface area contributed by atoms with Crippen molar-refractivity contribution in [1.29, 1.82) is 5.26 Å². The first-order valence-corrected chi connectivity index (χ1v) is 5.28. The van der Waals surface area contributed by atoms with Crippen LogP contribution in [-0.4, -0.2) is 12.6 Å². The highest BCUT2D eigenvalue weighted by molar-refractivity contribution is 6.33. The van der Waals surface area contributed by atoms with Crippen molar-refractivity contribution in [2.45, 2.75) is 12.8 Å². The molecule has 0 heterocycles. The molecule has 1 atom stereocenters. The van der Waals surface area contributed by atoms with Gasteiger partial charge >= 0.3 is 5.97 Å². The van der Waals surface area contributed by atoms with Gasteiger partial charge in [-0.3, -0.25) is 4.79 Å². The SMILES string of the molecule is CC(=O)OCC(C#N)c1cc(Cl)ccc1Cl. The maximum Gasteiger partial charge on any atom is 0.302 e. The minimum absolute atomic E-state index is 0.0219. The number of nitrogens with zero attached hydrogens (tertiary/aromatic N) is 1. The minimum Gasteiger partial charge on any atom is -0.464 e. The van der Waals surface area contributed by atoms with Crippen molar-refractivity contribution in [3.05, 3.63) is 33.8 Å². The topological polar surface area (TPSA) is 50.1 Å². The Morgan fingerprint density at radius 2 is 2.25 bits per heavy atom. The fourth-order valence-electron chi connectivity index (χ4n) is 1.18. The number of benzene rings is 1. The van der Waals surface area contributed by atoms with E-state index in [1.807, 2.05) is 6.07 Å². The fourth-order valence-corrected chi connectivity index (χ4v) is 1.61. The molecule has 0 N–H and O–H groups in total. The Morgan fingerprint density at radius 3 is 2.81 bits per heavy atom. The molecular formula is C11H9Cl2NO2. The molecule has 84 valence electrons. The van der Waals surface area contributed by atoms with Crippen LogP contribution < -0.4 is 0 Å². The second-order valence-electron chi connectivity index (χ2n) is 3.15. The molecule has 1 aromatic carbocycles. The van der Waals surface area contributed by atoms with Crippen LogP contribution in [0.5, 0.6) is 0 Å². The molecule has 0 aliphatic heterocycles. The molecule has 16 heavy (non-hydrogen) atoms. The van der Waals surface area contributed by atoms with E-state index in [1.54, 1.807) is 18.2 Å². The molecule has 0 aliphatic carbocycles. The molecular weight excluding hydrogens is 249 g/mol.